The first-order valence-corrected chi connectivity index (χ1v) is 12.3. The molecular formula is C26H41N3O5. The molecule has 3 amide bonds. The summed E-state index contributed by atoms with van der Waals surface area (Å²) in [6, 6.07) is -1.45. The van der Waals surface area contributed by atoms with Crippen molar-refractivity contribution < 1.29 is 24.2 Å². The van der Waals surface area contributed by atoms with Gasteiger partial charge in [0.25, 0.3) is 0 Å². The summed E-state index contributed by atoms with van der Waals surface area (Å²) >= 11 is 0. The zero-order valence-electron chi connectivity index (χ0n) is 21.5. The molecule has 0 saturated carbocycles. The number of fused-ring (bicyclic) bond motifs is 1. The van der Waals surface area contributed by atoms with Crippen LogP contribution in [0.1, 0.15) is 53.9 Å². The third-order valence-corrected chi connectivity index (χ3v) is 7.96. The average Bonchev–Trinajstić information content (AvgIpc) is 3.33. The number of carbonyl (C=O) groups excluding carboxylic acids is 3. The first kappa shape index (κ1) is 26.4. The largest absolute Gasteiger partial charge is 0.394 e. The van der Waals surface area contributed by atoms with Gasteiger partial charge in [-0.05, 0) is 47.0 Å². The van der Waals surface area contributed by atoms with Crippen molar-refractivity contribution in [3.8, 4) is 0 Å². The Morgan fingerprint density at radius 3 is 2.35 bits per heavy atom. The van der Waals surface area contributed by atoms with Crippen LogP contribution < -0.4 is 0 Å². The van der Waals surface area contributed by atoms with Crippen LogP contribution in [0.15, 0.2) is 25.3 Å². The predicted octanol–water partition coefficient (Wildman–Crippen LogP) is 1.98. The van der Waals surface area contributed by atoms with E-state index in [9.17, 15) is 19.5 Å². The quantitative estimate of drug-likeness (QED) is 0.515. The number of likely N-dealkylation sites (N-methyl/N-ethyl adjacent to an activating group) is 1. The van der Waals surface area contributed by atoms with E-state index in [2.05, 4.69) is 13.2 Å². The van der Waals surface area contributed by atoms with Gasteiger partial charge in [0.15, 0.2) is 0 Å². The van der Waals surface area contributed by atoms with Gasteiger partial charge in [0.05, 0.1) is 30.1 Å². The summed E-state index contributed by atoms with van der Waals surface area (Å²) in [5.74, 6) is -2.15. The van der Waals surface area contributed by atoms with Crippen LogP contribution in [-0.2, 0) is 19.1 Å². The summed E-state index contributed by atoms with van der Waals surface area (Å²) in [6.07, 6.45) is 4.90. The Labute approximate surface area is 203 Å². The lowest BCUT2D eigenvalue weighted by Crippen LogP contribution is -2.61. The molecule has 0 aromatic rings. The molecule has 0 aromatic heterocycles. The number of likely N-dealkylation sites (tertiary alicyclic amines) is 1. The fourth-order valence-electron chi connectivity index (χ4n) is 6.32. The van der Waals surface area contributed by atoms with Crippen molar-refractivity contribution in [1.29, 1.82) is 0 Å². The normalized spacial score (nSPS) is 33.0. The monoisotopic (exact) mass is 475 g/mol. The summed E-state index contributed by atoms with van der Waals surface area (Å²) in [5, 5.41) is 10.2. The molecule has 3 rings (SSSR count). The zero-order chi connectivity index (χ0) is 25.6. The Balaban J connectivity index is 2.16. The SMILES string of the molecule is C=CCN(C)C(=O)[C@@H]1[C@H]2C(=O)N([C@@H](CC)CO)C(C(=O)N(CC=C)C(C)(C)C)C23CC[C@@]1(C)O3. The van der Waals surface area contributed by atoms with Crippen LogP contribution >= 0.6 is 0 Å². The smallest absolute Gasteiger partial charge is 0.249 e. The average molecular weight is 476 g/mol. The van der Waals surface area contributed by atoms with Crippen LogP contribution in [0.5, 0.6) is 0 Å². The summed E-state index contributed by atoms with van der Waals surface area (Å²) in [5.41, 5.74) is -2.45. The number of carbonyl (C=O) groups is 3. The molecule has 3 aliphatic heterocycles. The van der Waals surface area contributed by atoms with E-state index in [1.165, 1.54) is 4.90 Å². The Morgan fingerprint density at radius 1 is 1.24 bits per heavy atom. The van der Waals surface area contributed by atoms with E-state index >= 15 is 0 Å². The second-order valence-electron chi connectivity index (χ2n) is 11.1. The van der Waals surface area contributed by atoms with Crippen molar-refractivity contribution in [2.24, 2.45) is 11.8 Å². The van der Waals surface area contributed by atoms with Crippen LogP contribution in [0, 0.1) is 11.8 Å². The number of rotatable bonds is 9. The maximum absolute atomic E-state index is 14.2. The Kier molecular flexibility index (Phi) is 7.08. The molecular weight excluding hydrogens is 434 g/mol. The minimum atomic E-state index is -1.11. The highest BCUT2D eigenvalue weighted by molar-refractivity contribution is 5.99. The molecule has 2 bridgehead atoms. The van der Waals surface area contributed by atoms with E-state index in [1.54, 1.807) is 29.0 Å². The third-order valence-electron chi connectivity index (χ3n) is 7.96. The van der Waals surface area contributed by atoms with Gasteiger partial charge >= 0.3 is 0 Å². The van der Waals surface area contributed by atoms with E-state index in [-0.39, 0.29) is 24.3 Å². The molecule has 3 heterocycles. The summed E-state index contributed by atoms with van der Waals surface area (Å²) < 4.78 is 6.66. The summed E-state index contributed by atoms with van der Waals surface area (Å²) in [6.45, 7) is 17.5. The standard InChI is InChI=1S/C26H41N3O5/c1-9-14-27(8)21(31)18-19-22(32)29(17(11-3)16-30)20(26(19)13-12-25(18,7)34-26)23(33)28(15-10-2)24(4,5)6/h9-10,17-20,30H,1-2,11-16H2,3-8H3/t17-,18-,19-,20?,25+,26?/m0/s1. The van der Waals surface area contributed by atoms with Gasteiger partial charge in [-0.25, -0.2) is 0 Å². The van der Waals surface area contributed by atoms with Crippen molar-refractivity contribution in [1.82, 2.24) is 14.7 Å². The topological polar surface area (TPSA) is 90.4 Å². The number of hydrogen-bond donors (Lipinski definition) is 1. The van der Waals surface area contributed by atoms with Gasteiger partial charge < -0.3 is 24.5 Å². The molecule has 2 unspecified atom stereocenters. The van der Waals surface area contributed by atoms with E-state index in [1.807, 2.05) is 34.6 Å². The van der Waals surface area contributed by atoms with E-state index < -0.39 is 40.7 Å². The maximum atomic E-state index is 14.2. The Morgan fingerprint density at radius 2 is 1.85 bits per heavy atom. The molecule has 8 nitrogen and oxygen atoms in total. The van der Waals surface area contributed by atoms with E-state index in [0.717, 1.165) is 0 Å². The molecule has 0 aliphatic carbocycles. The molecule has 1 N–H and O–H groups in total. The van der Waals surface area contributed by atoms with Gasteiger partial charge in [0.1, 0.15) is 11.6 Å². The van der Waals surface area contributed by atoms with Crippen molar-refractivity contribution in [2.45, 2.75) is 82.7 Å². The predicted molar refractivity (Wildman–Crippen MR) is 130 cm³/mol. The number of aliphatic hydroxyl groups excluding tert-OH is 1. The van der Waals surface area contributed by atoms with Crippen molar-refractivity contribution >= 4 is 17.7 Å². The fourth-order valence-corrected chi connectivity index (χ4v) is 6.32. The van der Waals surface area contributed by atoms with Crippen molar-refractivity contribution in [2.75, 3.05) is 26.7 Å². The number of amides is 3. The van der Waals surface area contributed by atoms with Crippen LogP contribution in [-0.4, -0.2) is 93.1 Å². The highest BCUT2D eigenvalue weighted by Gasteiger charge is 2.78. The molecule has 0 aromatic carbocycles. The summed E-state index contributed by atoms with van der Waals surface area (Å²) in [7, 11) is 1.69. The molecule has 1 spiro atoms. The Bertz CT molecular complexity index is 863. The minimum Gasteiger partial charge on any atom is -0.394 e. The van der Waals surface area contributed by atoms with Gasteiger partial charge in [0, 0.05) is 25.7 Å². The van der Waals surface area contributed by atoms with Crippen LogP contribution in [0.25, 0.3) is 0 Å². The molecule has 8 heteroatoms. The second kappa shape index (κ2) is 9.11. The van der Waals surface area contributed by atoms with Crippen molar-refractivity contribution in [3.63, 3.8) is 0 Å². The summed E-state index contributed by atoms with van der Waals surface area (Å²) in [4.78, 5) is 46.7. The number of ether oxygens (including phenoxy) is 1. The van der Waals surface area contributed by atoms with Gasteiger partial charge in [-0.1, -0.05) is 19.1 Å². The molecule has 3 saturated heterocycles. The molecule has 6 atom stereocenters. The number of nitrogens with zero attached hydrogens (tertiary/aromatic N) is 3. The number of aliphatic hydroxyl groups is 1. The second-order valence-corrected chi connectivity index (χ2v) is 11.1. The van der Waals surface area contributed by atoms with E-state index in [4.69, 9.17) is 4.74 Å². The highest BCUT2D eigenvalue weighted by Crippen LogP contribution is 2.64. The van der Waals surface area contributed by atoms with Gasteiger partial charge in [0.2, 0.25) is 17.7 Å². The molecule has 190 valence electrons. The molecule has 3 aliphatic rings. The lowest BCUT2D eigenvalue weighted by Gasteiger charge is -2.43. The first-order valence-electron chi connectivity index (χ1n) is 12.3. The molecule has 3 fully saturated rings. The van der Waals surface area contributed by atoms with Crippen LogP contribution in [0.4, 0.5) is 0 Å². The first-order chi connectivity index (χ1) is 15.8. The maximum Gasteiger partial charge on any atom is 0.249 e. The highest BCUT2D eigenvalue weighted by atomic mass is 16.5. The van der Waals surface area contributed by atoms with Gasteiger partial charge in [-0.15, -0.1) is 13.2 Å². The fraction of sp³-hybridized carbons (Fsp3) is 0.731. The van der Waals surface area contributed by atoms with Crippen molar-refractivity contribution in [3.05, 3.63) is 25.3 Å². The molecule has 0 radical (unpaired) electrons. The van der Waals surface area contributed by atoms with Crippen LogP contribution in [0.2, 0.25) is 0 Å². The van der Waals surface area contributed by atoms with Gasteiger partial charge in [-0.3, -0.25) is 14.4 Å². The van der Waals surface area contributed by atoms with E-state index in [0.29, 0.717) is 32.4 Å². The number of hydrogen-bond acceptors (Lipinski definition) is 5. The minimum absolute atomic E-state index is 0.175. The zero-order valence-corrected chi connectivity index (χ0v) is 21.5. The lowest BCUT2D eigenvalue weighted by molar-refractivity contribution is -0.158. The van der Waals surface area contributed by atoms with Crippen LogP contribution in [0.3, 0.4) is 0 Å². The Hall–Kier alpha value is -2.19. The third kappa shape index (κ3) is 3.79. The lowest BCUT2D eigenvalue weighted by atomic mass is 9.66. The van der Waals surface area contributed by atoms with Gasteiger partial charge in [-0.2, -0.15) is 0 Å². The molecule has 34 heavy (non-hydrogen) atoms.